The zero-order valence-electron chi connectivity index (χ0n) is 16.5. The Morgan fingerprint density at radius 2 is 1.88 bits per heavy atom. The van der Waals surface area contributed by atoms with Gasteiger partial charge in [0.15, 0.2) is 5.69 Å². The molecule has 26 heavy (non-hydrogen) atoms. The second kappa shape index (κ2) is 8.45. The van der Waals surface area contributed by atoms with Crippen LogP contribution < -0.4 is 16.2 Å². The van der Waals surface area contributed by atoms with Crippen LogP contribution in [0.3, 0.4) is 0 Å². The van der Waals surface area contributed by atoms with Gasteiger partial charge in [-0.05, 0) is 32.8 Å². The first-order valence-corrected chi connectivity index (χ1v) is 9.31. The normalized spacial score (nSPS) is 11.9. The van der Waals surface area contributed by atoms with Crippen LogP contribution in [-0.2, 0) is 6.54 Å². The van der Waals surface area contributed by atoms with E-state index in [1.165, 1.54) is 4.68 Å². The van der Waals surface area contributed by atoms with E-state index in [0.717, 1.165) is 13.0 Å². The third-order valence-corrected chi connectivity index (χ3v) is 4.04. The van der Waals surface area contributed by atoms with Crippen LogP contribution in [0, 0.1) is 5.92 Å². The Balaban J connectivity index is 2.18. The second-order valence-corrected chi connectivity index (χ2v) is 8.24. The van der Waals surface area contributed by atoms with Crippen LogP contribution in [0.4, 0.5) is 0 Å². The van der Waals surface area contributed by atoms with Crippen molar-refractivity contribution in [3.63, 3.8) is 0 Å². The summed E-state index contributed by atoms with van der Waals surface area (Å²) in [4.78, 5) is 25.3. The number of aromatic nitrogens is 2. The van der Waals surface area contributed by atoms with E-state index in [1.807, 2.05) is 26.0 Å². The summed E-state index contributed by atoms with van der Waals surface area (Å²) in [6.45, 7) is 12.6. The first kappa shape index (κ1) is 20.1. The van der Waals surface area contributed by atoms with Gasteiger partial charge < -0.3 is 10.6 Å². The van der Waals surface area contributed by atoms with Gasteiger partial charge in [0.1, 0.15) is 0 Å². The molecule has 0 unspecified atom stereocenters. The highest BCUT2D eigenvalue weighted by molar-refractivity contribution is 6.04. The lowest BCUT2D eigenvalue weighted by atomic mass is 10.1. The SMILES string of the molecule is CC(C)Cn1nc(C(=O)NCCC[NH2+]C(C)(C)C)c2ccccc2c1=O. The molecular formula is C20H31N4O2+. The minimum atomic E-state index is -0.227. The van der Waals surface area contributed by atoms with Crippen LogP contribution in [0.2, 0.25) is 0 Å². The number of nitrogens with one attached hydrogen (secondary N) is 1. The second-order valence-electron chi connectivity index (χ2n) is 8.24. The third kappa shape index (κ3) is 5.39. The number of carbonyl (C=O) groups excluding carboxylic acids is 1. The molecule has 0 aliphatic carbocycles. The highest BCUT2D eigenvalue weighted by Crippen LogP contribution is 2.13. The average molecular weight is 359 g/mol. The summed E-state index contributed by atoms with van der Waals surface area (Å²) in [5.41, 5.74) is 0.361. The van der Waals surface area contributed by atoms with Crippen molar-refractivity contribution >= 4 is 16.7 Å². The molecule has 0 bridgehead atoms. The number of carbonyl (C=O) groups is 1. The molecule has 1 heterocycles. The summed E-state index contributed by atoms with van der Waals surface area (Å²) in [5, 5.41) is 10.7. The van der Waals surface area contributed by atoms with Crippen LogP contribution in [0.1, 0.15) is 51.5 Å². The van der Waals surface area contributed by atoms with E-state index in [0.29, 0.717) is 29.6 Å². The molecule has 0 fully saturated rings. The van der Waals surface area contributed by atoms with Crippen molar-refractivity contribution in [2.45, 2.75) is 53.1 Å². The summed E-state index contributed by atoms with van der Waals surface area (Å²) < 4.78 is 1.41. The van der Waals surface area contributed by atoms with E-state index in [9.17, 15) is 9.59 Å². The minimum absolute atomic E-state index is 0.148. The zero-order valence-corrected chi connectivity index (χ0v) is 16.5. The number of nitrogens with zero attached hydrogens (tertiary/aromatic N) is 2. The maximum Gasteiger partial charge on any atom is 0.274 e. The van der Waals surface area contributed by atoms with Gasteiger partial charge in [-0.2, -0.15) is 5.10 Å². The fourth-order valence-corrected chi connectivity index (χ4v) is 2.80. The van der Waals surface area contributed by atoms with Crippen LogP contribution in [0.25, 0.3) is 10.8 Å². The maximum absolute atomic E-state index is 12.7. The topological polar surface area (TPSA) is 80.6 Å². The summed E-state index contributed by atoms with van der Waals surface area (Å²) >= 11 is 0. The number of benzene rings is 1. The molecule has 1 amide bonds. The largest absolute Gasteiger partial charge is 0.350 e. The minimum Gasteiger partial charge on any atom is -0.350 e. The number of hydrogen-bond acceptors (Lipinski definition) is 3. The van der Waals surface area contributed by atoms with E-state index in [-0.39, 0.29) is 22.9 Å². The number of nitrogens with two attached hydrogens (primary N) is 1. The number of fused-ring (bicyclic) bond motifs is 1. The smallest absolute Gasteiger partial charge is 0.274 e. The predicted molar refractivity (Wildman–Crippen MR) is 104 cm³/mol. The Morgan fingerprint density at radius 1 is 1.23 bits per heavy atom. The predicted octanol–water partition coefficient (Wildman–Crippen LogP) is 1.53. The molecule has 2 aromatic rings. The van der Waals surface area contributed by atoms with E-state index >= 15 is 0 Å². The highest BCUT2D eigenvalue weighted by Gasteiger charge is 2.17. The van der Waals surface area contributed by atoms with E-state index < -0.39 is 0 Å². The maximum atomic E-state index is 12.7. The Bertz CT molecular complexity index is 819. The van der Waals surface area contributed by atoms with Crippen molar-refractivity contribution in [3.8, 4) is 0 Å². The fraction of sp³-hybridized carbons (Fsp3) is 0.550. The van der Waals surface area contributed by atoms with Crippen LogP contribution in [-0.4, -0.2) is 34.3 Å². The standard InChI is InChI=1S/C20H30N4O2/c1-14(2)13-24-19(26)16-10-7-6-9-15(16)17(23-24)18(25)21-11-8-12-22-20(3,4)5/h6-7,9-10,14,22H,8,11-13H2,1-5H3,(H,21,25)/p+1. The molecule has 0 radical (unpaired) electrons. The van der Waals surface area contributed by atoms with Crippen LogP contribution in [0.5, 0.6) is 0 Å². The zero-order chi connectivity index (χ0) is 19.3. The molecule has 1 aromatic carbocycles. The van der Waals surface area contributed by atoms with Gasteiger partial charge in [0, 0.05) is 24.9 Å². The lowest BCUT2D eigenvalue weighted by Crippen LogP contribution is -2.94. The molecule has 0 aliphatic heterocycles. The number of hydrogen-bond donors (Lipinski definition) is 2. The van der Waals surface area contributed by atoms with E-state index in [1.54, 1.807) is 12.1 Å². The van der Waals surface area contributed by atoms with Gasteiger partial charge in [-0.1, -0.05) is 32.0 Å². The Labute approximate surface area is 155 Å². The first-order chi connectivity index (χ1) is 12.2. The Kier molecular flexibility index (Phi) is 6.53. The van der Waals surface area contributed by atoms with E-state index in [2.05, 4.69) is 36.5 Å². The molecule has 6 nitrogen and oxygen atoms in total. The van der Waals surface area contributed by atoms with Crippen molar-refractivity contribution in [3.05, 3.63) is 40.3 Å². The first-order valence-electron chi connectivity index (χ1n) is 9.31. The van der Waals surface area contributed by atoms with Crippen molar-refractivity contribution in [1.29, 1.82) is 0 Å². The van der Waals surface area contributed by atoms with Gasteiger partial charge >= 0.3 is 0 Å². The molecule has 142 valence electrons. The third-order valence-electron chi connectivity index (χ3n) is 4.04. The molecule has 1 aromatic heterocycles. The molecule has 3 N–H and O–H groups in total. The molecule has 0 saturated heterocycles. The quantitative estimate of drug-likeness (QED) is 0.736. The van der Waals surface area contributed by atoms with E-state index in [4.69, 9.17) is 0 Å². The Hall–Kier alpha value is -2.21. The number of amides is 1. The number of quaternary nitrogens is 1. The molecular weight excluding hydrogens is 328 g/mol. The molecule has 0 spiro atoms. The molecule has 0 atom stereocenters. The molecule has 2 rings (SSSR count). The summed E-state index contributed by atoms with van der Waals surface area (Å²) in [5.74, 6) is 0.0414. The van der Waals surface area contributed by atoms with Crippen molar-refractivity contribution < 1.29 is 10.1 Å². The molecule has 0 saturated carbocycles. The molecule has 6 heteroatoms. The van der Waals surface area contributed by atoms with Crippen molar-refractivity contribution in [1.82, 2.24) is 15.1 Å². The summed E-state index contributed by atoms with van der Waals surface area (Å²) in [6, 6.07) is 7.18. The molecule has 0 aliphatic rings. The van der Waals surface area contributed by atoms with Gasteiger partial charge in [-0.3, -0.25) is 9.59 Å². The van der Waals surface area contributed by atoms with Gasteiger partial charge in [-0.25, -0.2) is 4.68 Å². The highest BCUT2D eigenvalue weighted by atomic mass is 16.2. The van der Waals surface area contributed by atoms with Gasteiger partial charge in [-0.15, -0.1) is 0 Å². The fourth-order valence-electron chi connectivity index (χ4n) is 2.80. The number of rotatable bonds is 7. The van der Waals surface area contributed by atoms with Gasteiger partial charge in [0.05, 0.1) is 17.5 Å². The lowest BCUT2D eigenvalue weighted by Gasteiger charge is -2.16. The van der Waals surface area contributed by atoms with Crippen molar-refractivity contribution in [2.24, 2.45) is 5.92 Å². The van der Waals surface area contributed by atoms with Crippen LogP contribution in [0.15, 0.2) is 29.1 Å². The lowest BCUT2D eigenvalue weighted by molar-refractivity contribution is -0.717. The monoisotopic (exact) mass is 359 g/mol. The Morgan fingerprint density at radius 3 is 2.50 bits per heavy atom. The summed E-state index contributed by atoms with van der Waals surface area (Å²) in [7, 11) is 0. The average Bonchev–Trinajstić information content (AvgIpc) is 2.55. The van der Waals surface area contributed by atoms with Gasteiger partial charge in [0.2, 0.25) is 0 Å². The van der Waals surface area contributed by atoms with Crippen molar-refractivity contribution in [2.75, 3.05) is 13.1 Å². The summed E-state index contributed by atoms with van der Waals surface area (Å²) in [6.07, 6.45) is 0.882. The van der Waals surface area contributed by atoms with Gasteiger partial charge in [0.25, 0.3) is 11.5 Å². The van der Waals surface area contributed by atoms with Crippen LogP contribution >= 0.6 is 0 Å².